The zero-order chi connectivity index (χ0) is 26.0. The number of fused-ring (bicyclic) bond motifs is 1. The number of aliphatic hydroxyl groups is 6. The quantitative estimate of drug-likeness (QED) is 0.210. The van der Waals surface area contributed by atoms with Gasteiger partial charge in [-0.3, -0.25) is 4.79 Å². The smallest absolute Gasteiger partial charge is 0.314 e. The van der Waals surface area contributed by atoms with Crippen LogP contribution in [0.5, 0.6) is 0 Å². The summed E-state index contributed by atoms with van der Waals surface area (Å²) < 4.78 is 11.0. The van der Waals surface area contributed by atoms with Crippen LogP contribution in [0.4, 0.5) is 0 Å². The normalized spacial score (nSPS) is 42.5. The Kier molecular flexibility index (Phi) is 9.18. The minimum atomic E-state index is -1.63. The Balaban J connectivity index is 1.80. The van der Waals surface area contributed by atoms with Gasteiger partial charge in [-0.05, 0) is 68.3 Å². The molecule has 6 N–H and O–H groups in total. The number of rotatable bonds is 8. The Morgan fingerprint density at radius 2 is 1.86 bits per heavy atom. The third kappa shape index (κ3) is 5.37. The second-order valence-corrected chi connectivity index (χ2v) is 10.9. The molecule has 1 aliphatic heterocycles. The molecule has 1 saturated heterocycles. The number of hydrogen-bond acceptors (Lipinski definition) is 9. The monoisotopic (exact) mass is 498 g/mol. The van der Waals surface area contributed by atoms with Gasteiger partial charge in [0.1, 0.15) is 24.4 Å². The molecule has 1 heterocycles. The molecule has 2 saturated carbocycles. The van der Waals surface area contributed by atoms with Crippen LogP contribution in [0.3, 0.4) is 0 Å². The van der Waals surface area contributed by atoms with Crippen molar-refractivity contribution in [2.45, 2.75) is 89.5 Å². The second-order valence-electron chi connectivity index (χ2n) is 10.9. The molecule has 35 heavy (non-hydrogen) atoms. The first-order chi connectivity index (χ1) is 16.5. The van der Waals surface area contributed by atoms with E-state index in [9.17, 15) is 35.4 Å². The van der Waals surface area contributed by atoms with Gasteiger partial charge in [0.2, 0.25) is 6.29 Å². The summed E-state index contributed by atoms with van der Waals surface area (Å²) in [6.07, 6.45) is -0.515. The van der Waals surface area contributed by atoms with Crippen LogP contribution in [0.15, 0.2) is 23.8 Å². The molecular formula is C26H42O9. The van der Waals surface area contributed by atoms with Gasteiger partial charge in [0, 0.05) is 0 Å². The van der Waals surface area contributed by atoms with Crippen molar-refractivity contribution in [1.29, 1.82) is 0 Å². The van der Waals surface area contributed by atoms with E-state index in [-0.39, 0.29) is 30.5 Å². The van der Waals surface area contributed by atoms with Gasteiger partial charge in [0.15, 0.2) is 0 Å². The lowest BCUT2D eigenvalue weighted by Crippen LogP contribution is -2.61. The average molecular weight is 499 g/mol. The van der Waals surface area contributed by atoms with Crippen molar-refractivity contribution in [3.63, 3.8) is 0 Å². The van der Waals surface area contributed by atoms with Crippen molar-refractivity contribution in [2.24, 2.45) is 22.7 Å². The van der Waals surface area contributed by atoms with Gasteiger partial charge >= 0.3 is 5.97 Å². The second kappa shape index (κ2) is 11.4. The van der Waals surface area contributed by atoms with Gasteiger partial charge in [-0.1, -0.05) is 31.6 Å². The Labute approximate surface area is 207 Å². The molecule has 0 aromatic carbocycles. The molecule has 0 spiro atoms. The fraction of sp³-hybridized carbons (Fsp3) is 0.808. The molecule has 0 radical (unpaired) electrons. The third-order valence-corrected chi connectivity index (χ3v) is 8.89. The molecule has 9 unspecified atom stereocenters. The number of ether oxygens (including phenoxy) is 2. The van der Waals surface area contributed by atoms with Gasteiger partial charge in [-0.2, -0.15) is 0 Å². The van der Waals surface area contributed by atoms with E-state index >= 15 is 0 Å². The van der Waals surface area contributed by atoms with Gasteiger partial charge in [0.25, 0.3) is 0 Å². The highest BCUT2D eigenvalue weighted by molar-refractivity contribution is 5.77. The van der Waals surface area contributed by atoms with Crippen LogP contribution in [-0.4, -0.2) is 87.1 Å². The Morgan fingerprint density at radius 3 is 2.49 bits per heavy atom. The lowest BCUT2D eigenvalue weighted by atomic mass is 9.46. The molecule has 0 aromatic rings. The summed E-state index contributed by atoms with van der Waals surface area (Å²) in [6.45, 7) is 7.59. The van der Waals surface area contributed by atoms with Crippen LogP contribution >= 0.6 is 0 Å². The summed E-state index contributed by atoms with van der Waals surface area (Å²) >= 11 is 0. The molecule has 200 valence electrons. The Hall–Kier alpha value is -1.33. The summed E-state index contributed by atoms with van der Waals surface area (Å²) in [5.41, 5.74) is 0.838. The van der Waals surface area contributed by atoms with Crippen molar-refractivity contribution < 1.29 is 44.9 Å². The molecule has 2 aliphatic carbocycles. The van der Waals surface area contributed by atoms with E-state index < -0.39 is 48.7 Å². The molecule has 3 rings (SSSR count). The van der Waals surface area contributed by atoms with Crippen LogP contribution in [0.25, 0.3) is 0 Å². The molecule has 0 bridgehead atoms. The topological polar surface area (TPSA) is 157 Å². The summed E-state index contributed by atoms with van der Waals surface area (Å²) in [7, 11) is 0. The maximum absolute atomic E-state index is 13.6. The molecule has 9 atom stereocenters. The predicted octanol–water partition coefficient (Wildman–Crippen LogP) is 0.800. The third-order valence-electron chi connectivity index (χ3n) is 8.89. The molecule has 9 heteroatoms. The number of carbonyl (C=O) groups excluding carboxylic acids is 1. The highest BCUT2D eigenvalue weighted by Gasteiger charge is 2.58. The largest absolute Gasteiger partial charge is 0.432 e. The van der Waals surface area contributed by atoms with Gasteiger partial charge < -0.3 is 40.1 Å². The fourth-order valence-corrected chi connectivity index (χ4v) is 6.84. The van der Waals surface area contributed by atoms with Crippen LogP contribution in [0.1, 0.15) is 58.8 Å². The van der Waals surface area contributed by atoms with Gasteiger partial charge in [-0.15, -0.1) is 0 Å². The Bertz CT molecular complexity index is 796. The van der Waals surface area contributed by atoms with Gasteiger partial charge in [0.05, 0.1) is 25.2 Å². The minimum absolute atomic E-state index is 0.0176. The molecule has 3 aliphatic rings. The van der Waals surface area contributed by atoms with Crippen LogP contribution in [-0.2, 0) is 14.3 Å². The molecule has 3 fully saturated rings. The summed E-state index contributed by atoms with van der Waals surface area (Å²) in [5.74, 6) is -0.411. The van der Waals surface area contributed by atoms with E-state index in [1.807, 2.05) is 6.92 Å². The standard InChI is InChI=1S/C26H42O9/c1-15-5-8-19-25(2,17(15)7-6-16(13-28)9-12-27)10-4-11-26(19,3)24(33)35-23-22(32)21(31)20(30)18(14-29)34-23/h9,17-23,27-32H,1,4-8,10-14H2,2-3H3. The van der Waals surface area contributed by atoms with E-state index in [0.29, 0.717) is 12.8 Å². The number of carbonyl (C=O) groups is 1. The lowest BCUT2D eigenvalue weighted by Gasteiger charge is -2.58. The van der Waals surface area contributed by atoms with Crippen LogP contribution in [0.2, 0.25) is 0 Å². The predicted molar refractivity (Wildman–Crippen MR) is 127 cm³/mol. The number of hydrogen-bond donors (Lipinski definition) is 6. The van der Waals surface area contributed by atoms with E-state index in [1.165, 1.54) is 0 Å². The number of esters is 1. The van der Waals surface area contributed by atoms with Crippen molar-refractivity contribution in [3.05, 3.63) is 23.8 Å². The van der Waals surface area contributed by atoms with Crippen molar-refractivity contribution in [2.75, 3.05) is 19.8 Å². The van der Waals surface area contributed by atoms with Crippen molar-refractivity contribution >= 4 is 5.97 Å². The van der Waals surface area contributed by atoms with E-state index in [4.69, 9.17) is 9.47 Å². The first-order valence-electron chi connectivity index (χ1n) is 12.6. The SMILES string of the molecule is C=C1CCC2C(C)(C(=O)OC3OC(CO)C(O)C(O)C3O)CCCC2(C)C1CCC(=CCO)CO. The molecule has 0 amide bonds. The molecule has 9 nitrogen and oxygen atoms in total. The zero-order valence-electron chi connectivity index (χ0n) is 20.8. The van der Waals surface area contributed by atoms with Crippen molar-refractivity contribution in [3.8, 4) is 0 Å². The zero-order valence-corrected chi connectivity index (χ0v) is 20.8. The number of aliphatic hydroxyl groups excluding tert-OH is 6. The molecule has 0 aromatic heterocycles. The number of allylic oxidation sites excluding steroid dienone is 1. The molecular weight excluding hydrogens is 456 g/mol. The van der Waals surface area contributed by atoms with Gasteiger partial charge in [-0.25, -0.2) is 0 Å². The fourth-order valence-electron chi connectivity index (χ4n) is 6.84. The first kappa shape index (κ1) is 28.2. The maximum Gasteiger partial charge on any atom is 0.314 e. The summed E-state index contributed by atoms with van der Waals surface area (Å²) in [6, 6.07) is 0. The van der Waals surface area contributed by atoms with E-state index in [1.54, 1.807) is 6.08 Å². The lowest BCUT2D eigenvalue weighted by molar-refractivity contribution is -0.297. The van der Waals surface area contributed by atoms with Crippen LogP contribution < -0.4 is 0 Å². The minimum Gasteiger partial charge on any atom is -0.432 e. The highest BCUT2D eigenvalue weighted by Crippen LogP contribution is 2.62. The Morgan fingerprint density at radius 1 is 1.14 bits per heavy atom. The highest BCUT2D eigenvalue weighted by atomic mass is 16.7. The first-order valence-corrected chi connectivity index (χ1v) is 12.6. The van der Waals surface area contributed by atoms with E-state index in [0.717, 1.165) is 43.3 Å². The van der Waals surface area contributed by atoms with Crippen molar-refractivity contribution in [1.82, 2.24) is 0 Å². The van der Waals surface area contributed by atoms with Crippen LogP contribution in [0, 0.1) is 22.7 Å². The maximum atomic E-state index is 13.6. The average Bonchev–Trinajstić information content (AvgIpc) is 2.82. The summed E-state index contributed by atoms with van der Waals surface area (Å²) in [5, 5.41) is 58.7. The van der Waals surface area contributed by atoms with E-state index in [2.05, 4.69) is 13.5 Å². The summed E-state index contributed by atoms with van der Waals surface area (Å²) in [4.78, 5) is 13.6.